The van der Waals surface area contributed by atoms with Gasteiger partial charge in [-0.2, -0.15) is 0 Å². The summed E-state index contributed by atoms with van der Waals surface area (Å²) in [5.41, 5.74) is 3.27. The molecule has 5 nitrogen and oxygen atoms in total. The first kappa shape index (κ1) is 10.8. The molecule has 0 radical (unpaired) electrons. The zero-order chi connectivity index (χ0) is 12.9. The predicted molar refractivity (Wildman–Crippen MR) is 62.7 cm³/mol. The SMILES string of the molecule is Cc1cc(C)c2c(c1)-c1onc(C(=O)O)c1CO2. The van der Waals surface area contributed by atoms with E-state index in [-0.39, 0.29) is 12.3 Å². The van der Waals surface area contributed by atoms with Crippen LogP contribution in [-0.2, 0) is 6.61 Å². The summed E-state index contributed by atoms with van der Waals surface area (Å²) in [4.78, 5) is 11.0. The highest BCUT2D eigenvalue weighted by Gasteiger charge is 2.29. The van der Waals surface area contributed by atoms with Crippen LogP contribution in [0.1, 0.15) is 27.2 Å². The molecule has 1 aliphatic heterocycles. The Bertz CT molecular complexity index is 657. The molecule has 18 heavy (non-hydrogen) atoms. The van der Waals surface area contributed by atoms with Crippen LogP contribution in [0.15, 0.2) is 16.7 Å². The van der Waals surface area contributed by atoms with Gasteiger partial charge in [-0.3, -0.25) is 0 Å². The van der Waals surface area contributed by atoms with E-state index in [1.165, 1.54) is 0 Å². The van der Waals surface area contributed by atoms with Crippen molar-refractivity contribution in [3.8, 4) is 17.1 Å². The Morgan fingerprint density at radius 2 is 2.17 bits per heavy atom. The number of hydrogen-bond donors (Lipinski definition) is 1. The lowest BCUT2D eigenvalue weighted by Crippen LogP contribution is -2.10. The van der Waals surface area contributed by atoms with Gasteiger partial charge in [0.25, 0.3) is 0 Å². The minimum Gasteiger partial charge on any atom is -0.488 e. The Balaban J connectivity index is 2.26. The van der Waals surface area contributed by atoms with Crippen molar-refractivity contribution < 1.29 is 19.2 Å². The lowest BCUT2D eigenvalue weighted by molar-refractivity contribution is 0.0683. The van der Waals surface area contributed by atoms with Gasteiger partial charge in [0.1, 0.15) is 12.4 Å². The molecule has 1 N–H and O–H groups in total. The lowest BCUT2D eigenvalue weighted by Gasteiger charge is -2.18. The molecule has 0 bridgehead atoms. The number of aromatic carboxylic acids is 1. The van der Waals surface area contributed by atoms with Crippen molar-refractivity contribution in [1.29, 1.82) is 0 Å². The van der Waals surface area contributed by atoms with Crippen LogP contribution in [0, 0.1) is 13.8 Å². The Morgan fingerprint density at radius 3 is 2.89 bits per heavy atom. The first-order valence-electron chi connectivity index (χ1n) is 5.54. The molecule has 1 aliphatic rings. The van der Waals surface area contributed by atoms with Crippen molar-refractivity contribution in [2.75, 3.05) is 0 Å². The summed E-state index contributed by atoms with van der Waals surface area (Å²) >= 11 is 0. The number of carboxylic acid groups (broad SMARTS) is 1. The summed E-state index contributed by atoms with van der Waals surface area (Å²) in [6.07, 6.45) is 0. The van der Waals surface area contributed by atoms with Gasteiger partial charge in [0.2, 0.25) is 0 Å². The van der Waals surface area contributed by atoms with Crippen molar-refractivity contribution in [3.05, 3.63) is 34.5 Å². The summed E-state index contributed by atoms with van der Waals surface area (Å²) in [7, 11) is 0. The van der Waals surface area contributed by atoms with Crippen molar-refractivity contribution in [2.45, 2.75) is 20.5 Å². The molecule has 1 aromatic heterocycles. The molecule has 5 heteroatoms. The monoisotopic (exact) mass is 245 g/mol. The van der Waals surface area contributed by atoms with Gasteiger partial charge in [0, 0.05) is 0 Å². The topological polar surface area (TPSA) is 72.6 Å². The number of rotatable bonds is 1. The third-order valence-electron chi connectivity index (χ3n) is 3.02. The van der Waals surface area contributed by atoms with Crippen LogP contribution in [0.25, 0.3) is 11.3 Å². The second-order valence-electron chi connectivity index (χ2n) is 4.39. The maximum Gasteiger partial charge on any atom is 0.358 e. The molecule has 92 valence electrons. The van der Waals surface area contributed by atoms with Crippen molar-refractivity contribution >= 4 is 5.97 Å². The molecular weight excluding hydrogens is 234 g/mol. The van der Waals surface area contributed by atoms with E-state index in [9.17, 15) is 4.79 Å². The molecule has 0 spiro atoms. The molecule has 1 aromatic carbocycles. The van der Waals surface area contributed by atoms with Crippen LogP contribution in [0.2, 0.25) is 0 Å². The Hall–Kier alpha value is -2.30. The summed E-state index contributed by atoms with van der Waals surface area (Å²) in [6.45, 7) is 4.10. The van der Waals surface area contributed by atoms with Gasteiger partial charge in [-0.05, 0) is 31.0 Å². The molecule has 0 amide bonds. The standard InChI is InChI=1S/C13H11NO4/c1-6-3-7(2)11-8(4-6)12-9(5-17-11)10(13(15)16)14-18-12/h3-4H,5H2,1-2H3,(H,15,16). The number of ether oxygens (including phenoxy) is 1. The summed E-state index contributed by atoms with van der Waals surface area (Å²) in [6, 6.07) is 3.93. The van der Waals surface area contributed by atoms with Crippen LogP contribution in [-0.4, -0.2) is 16.2 Å². The number of nitrogens with zero attached hydrogens (tertiary/aromatic N) is 1. The zero-order valence-electron chi connectivity index (χ0n) is 9.98. The van der Waals surface area contributed by atoms with Crippen LogP contribution >= 0.6 is 0 Å². The smallest absolute Gasteiger partial charge is 0.358 e. The van der Waals surface area contributed by atoms with E-state index in [0.717, 1.165) is 22.4 Å². The first-order valence-corrected chi connectivity index (χ1v) is 5.54. The van der Waals surface area contributed by atoms with Gasteiger partial charge in [0.05, 0.1) is 11.1 Å². The molecule has 0 unspecified atom stereocenters. The molecule has 0 fully saturated rings. The van der Waals surface area contributed by atoms with E-state index in [0.29, 0.717) is 11.3 Å². The highest BCUT2D eigenvalue weighted by atomic mass is 16.5. The van der Waals surface area contributed by atoms with Gasteiger partial charge >= 0.3 is 5.97 Å². The third kappa shape index (κ3) is 1.40. The average molecular weight is 245 g/mol. The minimum absolute atomic E-state index is 0.0743. The van der Waals surface area contributed by atoms with Crippen LogP contribution in [0.4, 0.5) is 0 Å². The number of benzene rings is 1. The fourth-order valence-corrected chi connectivity index (χ4v) is 2.28. The Morgan fingerprint density at radius 1 is 1.39 bits per heavy atom. The number of fused-ring (bicyclic) bond motifs is 3. The second-order valence-corrected chi connectivity index (χ2v) is 4.39. The van der Waals surface area contributed by atoms with Crippen LogP contribution in [0.5, 0.6) is 5.75 Å². The van der Waals surface area contributed by atoms with Gasteiger partial charge in [-0.25, -0.2) is 4.79 Å². The highest BCUT2D eigenvalue weighted by molar-refractivity contribution is 5.90. The van der Waals surface area contributed by atoms with Gasteiger partial charge < -0.3 is 14.4 Å². The normalized spacial score (nSPS) is 12.6. The predicted octanol–water partition coefficient (Wildman–Crippen LogP) is 2.55. The molecule has 0 saturated carbocycles. The summed E-state index contributed by atoms with van der Waals surface area (Å²) in [5, 5.41) is 12.6. The lowest BCUT2D eigenvalue weighted by atomic mass is 9.98. The number of aromatic nitrogens is 1. The van der Waals surface area contributed by atoms with E-state index in [1.807, 2.05) is 26.0 Å². The number of carbonyl (C=O) groups is 1. The summed E-state index contributed by atoms with van der Waals surface area (Å²) in [5.74, 6) is 0.137. The highest BCUT2D eigenvalue weighted by Crippen LogP contribution is 2.41. The van der Waals surface area contributed by atoms with Crippen molar-refractivity contribution in [2.24, 2.45) is 0 Å². The summed E-state index contributed by atoms with van der Waals surface area (Å²) < 4.78 is 10.8. The number of aryl methyl sites for hydroxylation is 2. The van der Waals surface area contributed by atoms with E-state index >= 15 is 0 Å². The van der Waals surface area contributed by atoms with E-state index < -0.39 is 5.97 Å². The van der Waals surface area contributed by atoms with Gasteiger partial charge in [-0.1, -0.05) is 11.2 Å². The molecule has 2 aromatic rings. The van der Waals surface area contributed by atoms with E-state index in [2.05, 4.69) is 5.16 Å². The largest absolute Gasteiger partial charge is 0.488 e. The minimum atomic E-state index is -1.10. The second kappa shape index (κ2) is 3.60. The van der Waals surface area contributed by atoms with Gasteiger partial charge in [0.15, 0.2) is 11.5 Å². The maximum atomic E-state index is 11.0. The fourth-order valence-electron chi connectivity index (χ4n) is 2.28. The molecule has 0 saturated heterocycles. The molecule has 2 heterocycles. The molecule has 3 rings (SSSR count). The van der Waals surface area contributed by atoms with E-state index in [4.69, 9.17) is 14.4 Å². The number of carboxylic acids is 1. The Labute approximate surface area is 103 Å². The van der Waals surface area contributed by atoms with Crippen LogP contribution in [0.3, 0.4) is 0 Å². The van der Waals surface area contributed by atoms with Crippen LogP contribution < -0.4 is 4.74 Å². The fraction of sp³-hybridized carbons (Fsp3) is 0.231. The third-order valence-corrected chi connectivity index (χ3v) is 3.02. The molecule has 0 aliphatic carbocycles. The van der Waals surface area contributed by atoms with Gasteiger partial charge in [-0.15, -0.1) is 0 Å². The number of hydrogen-bond acceptors (Lipinski definition) is 4. The van der Waals surface area contributed by atoms with Crippen molar-refractivity contribution in [3.63, 3.8) is 0 Å². The quantitative estimate of drug-likeness (QED) is 0.835. The average Bonchev–Trinajstić information content (AvgIpc) is 2.72. The van der Waals surface area contributed by atoms with E-state index in [1.54, 1.807) is 0 Å². The zero-order valence-corrected chi connectivity index (χ0v) is 9.98. The Kier molecular flexibility index (Phi) is 2.16. The maximum absolute atomic E-state index is 11.0. The van der Waals surface area contributed by atoms with Crippen molar-refractivity contribution in [1.82, 2.24) is 5.16 Å². The molecule has 0 atom stereocenters. The first-order chi connectivity index (χ1) is 8.58. The molecular formula is C13H11NO4.